The lowest BCUT2D eigenvalue weighted by Gasteiger charge is -1.97. The molecule has 0 bridgehead atoms. The van der Waals surface area contributed by atoms with E-state index in [1.807, 2.05) is 30.3 Å². The van der Waals surface area contributed by atoms with E-state index in [2.05, 4.69) is 9.97 Å². The molecule has 4 heteroatoms. The first-order chi connectivity index (χ1) is 8.76. The van der Waals surface area contributed by atoms with Crippen molar-refractivity contribution in [3.05, 3.63) is 52.8 Å². The standard InChI is InChI=1S/C14H12N2O2/c1-18-10-5-6-11-9(7-10)8-13(15-11)12-3-2-4-14(17)16-12/h2-8,15H,1H3,(H,16,17). The first-order valence-electron chi connectivity index (χ1n) is 5.63. The Labute approximate surface area is 103 Å². The Bertz CT molecular complexity index is 756. The molecule has 0 spiro atoms. The number of aromatic amines is 2. The number of benzene rings is 1. The molecule has 0 fully saturated rings. The summed E-state index contributed by atoms with van der Waals surface area (Å²) in [5.41, 5.74) is 2.56. The van der Waals surface area contributed by atoms with E-state index in [1.54, 1.807) is 13.2 Å². The Hall–Kier alpha value is -2.49. The average Bonchev–Trinajstić information content (AvgIpc) is 2.81. The van der Waals surface area contributed by atoms with Gasteiger partial charge < -0.3 is 14.7 Å². The molecule has 2 N–H and O–H groups in total. The van der Waals surface area contributed by atoms with E-state index < -0.39 is 0 Å². The van der Waals surface area contributed by atoms with Crippen LogP contribution in [-0.4, -0.2) is 17.1 Å². The third-order valence-electron chi connectivity index (χ3n) is 2.89. The van der Waals surface area contributed by atoms with Crippen LogP contribution >= 0.6 is 0 Å². The number of fused-ring (bicyclic) bond motifs is 1. The van der Waals surface area contributed by atoms with Crippen LogP contribution in [0.2, 0.25) is 0 Å². The van der Waals surface area contributed by atoms with Crippen molar-refractivity contribution in [2.75, 3.05) is 7.11 Å². The van der Waals surface area contributed by atoms with Crippen LogP contribution in [0.15, 0.2) is 47.3 Å². The molecule has 4 nitrogen and oxygen atoms in total. The zero-order valence-corrected chi connectivity index (χ0v) is 9.86. The molecule has 0 aliphatic heterocycles. The molecule has 1 aromatic carbocycles. The molecule has 3 aromatic rings. The molecule has 0 radical (unpaired) electrons. The van der Waals surface area contributed by atoms with E-state index in [4.69, 9.17) is 4.74 Å². The van der Waals surface area contributed by atoms with Crippen LogP contribution in [0.4, 0.5) is 0 Å². The van der Waals surface area contributed by atoms with Gasteiger partial charge >= 0.3 is 0 Å². The summed E-state index contributed by atoms with van der Waals surface area (Å²) in [4.78, 5) is 17.3. The number of hydrogen-bond acceptors (Lipinski definition) is 2. The topological polar surface area (TPSA) is 57.9 Å². The summed E-state index contributed by atoms with van der Waals surface area (Å²) in [5, 5.41) is 1.05. The molecule has 0 aliphatic rings. The predicted octanol–water partition coefficient (Wildman–Crippen LogP) is 2.53. The van der Waals surface area contributed by atoms with Gasteiger partial charge in [0.2, 0.25) is 5.56 Å². The molecule has 90 valence electrons. The number of methoxy groups -OCH3 is 1. The number of ether oxygens (including phenoxy) is 1. The number of nitrogens with one attached hydrogen (secondary N) is 2. The summed E-state index contributed by atoms with van der Waals surface area (Å²) < 4.78 is 5.18. The van der Waals surface area contributed by atoms with Crippen LogP contribution in [0.1, 0.15) is 0 Å². The number of aromatic nitrogens is 2. The second kappa shape index (κ2) is 4.07. The van der Waals surface area contributed by atoms with Crippen molar-refractivity contribution in [3.8, 4) is 17.1 Å². The number of rotatable bonds is 2. The highest BCUT2D eigenvalue weighted by Gasteiger charge is 2.04. The number of pyridine rings is 1. The highest BCUT2D eigenvalue weighted by Crippen LogP contribution is 2.25. The monoisotopic (exact) mass is 240 g/mol. The van der Waals surface area contributed by atoms with Gasteiger partial charge in [0, 0.05) is 17.0 Å². The minimum absolute atomic E-state index is 0.108. The minimum atomic E-state index is -0.108. The van der Waals surface area contributed by atoms with Gasteiger partial charge in [0.15, 0.2) is 0 Å². The summed E-state index contributed by atoms with van der Waals surface area (Å²) >= 11 is 0. The Morgan fingerprint density at radius 1 is 1.00 bits per heavy atom. The first-order valence-corrected chi connectivity index (χ1v) is 5.63. The molecule has 3 rings (SSSR count). The summed E-state index contributed by atoms with van der Waals surface area (Å²) in [5.74, 6) is 0.814. The van der Waals surface area contributed by atoms with Crippen LogP contribution in [0.5, 0.6) is 5.75 Å². The summed E-state index contributed by atoms with van der Waals surface area (Å²) in [6.07, 6.45) is 0. The fraction of sp³-hybridized carbons (Fsp3) is 0.0714. The normalized spacial score (nSPS) is 10.7. The molecule has 18 heavy (non-hydrogen) atoms. The van der Waals surface area contributed by atoms with Gasteiger partial charge in [-0.3, -0.25) is 4.79 Å². The smallest absolute Gasteiger partial charge is 0.248 e. The van der Waals surface area contributed by atoms with Gasteiger partial charge in [-0.15, -0.1) is 0 Å². The second-order valence-corrected chi connectivity index (χ2v) is 4.06. The van der Waals surface area contributed by atoms with E-state index in [0.717, 1.165) is 28.0 Å². The number of hydrogen-bond donors (Lipinski definition) is 2. The van der Waals surface area contributed by atoms with E-state index in [0.29, 0.717) is 0 Å². The Kier molecular flexibility index (Phi) is 2.41. The predicted molar refractivity (Wildman–Crippen MR) is 70.9 cm³/mol. The van der Waals surface area contributed by atoms with E-state index in [-0.39, 0.29) is 5.56 Å². The van der Waals surface area contributed by atoms with Crippen molar-refractivity contribution in [1.29, 1.82) is 0 Å². The van der Waals surface area contributed by atoms with Gasteiger partial charge in [0.25, 0.3) is 0 Å². The highest BCUT2D eigenvalue weighted by atomic mass is 16.5. The third-order valence-corrected chi connectivity index (χ3v) is 2.89. The highest BCUT2D eigenvalue weighted by molar-refractivity contribution is 5.86. The van der Waals surface area contributed by atoms with E-state index >= 15 is 0 Å². The molecule has 0 saturated carbocycles. The summed E-state index contributed by atoms with van der Waals surface area (Å²) in [6.45, 7) is 0. The quantitative estimate of drug-likeness (QED) is 0.723. The lowest BCUT2D eigenvalue weighted by Crippen LogP contribution is -2.03. The zero-order valence-electron chi connectivity index (χ0n) is 9.86. The molecule has 0 saturated heterocycles. The van der Waals surface area contributed by atoms with Gasteiger partial charge in [-0.1, -0.05) is 6.07 Å². The zero-order chi connectivity index (χ0) is 12.5. The van der Waals surface area contributed by atoms with Gasteiger partial charge in [0.05, 0.1) is 18.5 Å². The maximum absolute atomic E-state index is 11.3. The van der Waals surface area contributed by atoms with Crippen molar-refractivity contribution < 1.29 is 4.74 Å². The Morgan fingerprint density at radius 3 is 2.67 bits per heavy atom. The van der Waals surface area contributed by atoms with E-state index in [9.17, 15) is 4.79 Å². The molecule has 0 atom stereocenters. The van der Waals surface area contributed by atoms with Crippen molar-refractivity contribution in [2.24, 2.45) is 0 Å². The lowest BCUT2D eigenvalue weighted by atomic mass is 10.2. The molecule has 0 unspecified atom stereocenters. The van der Waals surface area contributed by atoms with Gasteiger partial charge in [-0.2, -0.15) is 0 Å². The van der Waals surface area contributed by atoms with Crippen LogP contribution in [0, 0.1) is 0 Å². The second-order valence-electron chi connectivity index (χ2n) is 4.06. The Balaban J connectivity index is 2.16. The van der Waals surface area contributed by atoms with Crippen molar-refractivity contribution in [2.45, 2.75) is 0 Å². The third kappa shape index (κ3) is 1.78. The fourth-order valence-electron chi connectivity index (χ4n) is 1.99. The molecule has 2 aromatic heterocycles. The molecule has 2 heterocycles. The van der Waals surface area contributed by atoms with Gasteiger partial charge in [-0.25, -0.2) is 0 Å². The van der Waals surface area contributed by atoms with Crippen molar-refractivity contribution in [3.63, 3.8) is 0 Å². The maximum Gasteiger partial charge on any atom is 0.248 e. The average molecular weight is 240 g/mol. The molecule has 0 amide bonds. The maximum atomic E-state index is 11.3. The van der Waals surface area contributed by atoms with Crippen LogP contribution in [0.3, 0.4) is 0 Å². The molecular weight excluding hydrogens is 228 g/mol. The van der Waals surface area contributed by atoms with Crippen LogP contribution in [-0.2, 0) is 0 Å². The van der Waals surface area contributed by atoms with Crippen LogP contribution < -0.4 is 10.3 Å². The van der Waals surface area contributed by atoms with Crippen molar-refractivity contribution >= 4 is 10.9 Å². The SMILES string of the molecule is COc1ccc2[nH]c(-c3cccc(=O)[nH]3)cc2c1. The van der Waals surface area contributed by atoms with E-state index in [1.165, 1.54) is 6.07 Å². The minimum Gasteiger partial charge on any atom is -0.497 e. The number of H-pyrrole nitrogens is 2. The Morgan fingerprint density at radius 2 is 1.89 bits per heavy atom. The van der Waals surface area contributed by atoms with Crippen LogP contribution in [0.25, 0.3) is 22.3 Å². The molecular formula is C14H12N2O2. The summed E-state index contributed by atoms with van der Waals surface area (Å²) in [7, 11) is 1.64. The van der Waals surface area contributed by atoms with Crippen molar-refractivity contribution in [1.82, 2.24) is 9.97 Å². The van der Waals surface area contributed by atoms with Gasteiger partial charge in [-0.05, 0) is 30.3 Å². The first kappa shape index (κ1) is 10.7. The molecule has 0 aliphatic carbocycles. The summed E-state index contributed by atoms with van der Waals surface area (Å²) in [6, 6.07) is 12.9. The van der Waals surface area contributed by atoms with Gasteiger partial charge in [0.1, 0.15) is 5.75 Å². The fourth-order valence-corrected chi connectivity index (χ4v) is 1.99. The largest absolute Gasteiger partial charge is 0.497 e. The lowest BCUT2D eigenvalue weighted by molar-refractivity contribution is 0.415.